The summed E-state index contributed by atoms with van der Waals surface area (Å²) in [5.41, 5.74) is 1.38. The summed E-state index contributed by atoms with van der Waals surface area (Å²) in [4.78, 5) is 47.1. The summed E-state index contributed by atoms with van der Waals surface area (Å²) in [6.45, 7) is 6.30. The van der Waals surface area contributed by atoms with Gasteiger partial charge >= 0.3 is 11.9 Å². The van der Waals surface area contributed by atoms with Crippen LogP contribution in [0.5, 0.6) is 11.5 Å². The Hall–Kier alpha value is -2.42. The lowest BCUT2D eigenvalue weighted by Crippen LogP contribution is -2.21. The quantitative estimate of drug-likeness (QED) is 0.108. The first-order valence-electron chi connectivity index (χ1n) is 10.7. The van der Waals surface area contributed by atoms with Crippen molar-refractivity contribution in [1.29, 1.82) is 0 Å². The summed E-state index contributed by atoms with van der Waals surface area (Å²) >= 11 is 2.86. The Balaban J connectivity index is 2.73. The van der Waals surface area contributed by atoms with Crippen LogP contribution in [0.25, 0.3) is 0 Å². The molecular formula is C23H31BrO8. The number of hydrogen-bond donors (Lipinski definition) is 0. The predicted octanol–water partition coefficient (Wildman–Crippen LogP) is 3.84. The van der Waals surface area contributed by atoms with E-state index in [0.29, 0.717) is 36.7 Å². The maximum absolute atomic E-state index is 12.9. The molecule has 32 heavy (non-hydrogen) atoms. The first kappa shape index (κ1) is 27.6. The minimum Gasteiger partial charge on any atom is -0.490 e. The van der Waals surface area contributed by atoms with E-state index in [1.165, 1.54) is 0 Å². The molecule has 178 valence electrons. The molecule has 0 saturated carbocycles. The molecule has 0 atom stereocenters. The largest absolute Gasteiger partial charge is 0.490 e. The summed E-state index contributed by atoms with van der Waals surface area (Å²) in [7, 11) is 0. The molecule has 0 amide bonds. The highest BCUT2D eigenvalue weighted by molar-refractivity contribution is 9.09. The van der Waals surface area contributed by atoms with E-state index in [9.17, 15) is 19.2 Å². The Bertz CT molecular complexity index is 790. The van der Waals surface area contributed by atoms with Crippen LogP contribution in [0.1, 0.15) is 62.4 Å². The number of ether oxygens (including phenoxy) is 4. The van der Waals surface area contributed by atoms with Crippen LogP contribution in [0, 0.1) is 0 Å². The zero-order valence-electron chi connectivity index (χ0n) is 18.9. The normalized spacial score (nSPS) is 10.4. The molecule has 0 fully saturated rings. The number of halogens is 1. The Labute approximate surface area is 197 Å². The summed E-state index contributed by atoms with van der Waals surface area (Å²) in [5.74, 6) is -1.39. The van der Waals surface area contributed by atoms with E-state index >= 15 is 0 Å². The average molecular weight is 515 g/mol. The van der Waals surface area contributed by atoms with Crippen molar-refractivity contribution >= 4 is 39.4 Å². The van der Waals surface area contributed by atoms with Crippen molar-refractivity contribution in [3.05, 3.63) is 23.3 Å². The Morgan fingerprint density at radius 1 is 0.875 bits per heavy atom. The number of Topliss-reactive ketones (excluding diaryl/α,β-unsaturated/α-hetero) is 2. The number of benzene rings is 1. The molecule has 1 aromatic rings. The van der Waals surface area contributed by atoms with Gasteiger partial charge in [-0.05, 0) is 44.4 Å². The molecule has 9 heteroatoms. The molecule has 0 heterocycles. The van der Waals surface area contributed by atoms with Crippen LogP contribution in [0.15, 0.2) is 12.1 Å². The molecule has 1 aromatic carbocycles. The summed E-state index contributed by atoms with van der Waals surface area (Å²) in [5, 5.41) is -0.134. The van der Waals surface area contributed by atoms with Gasteiger partial charge in [-0.25, -0.2) is 4.79 Å². The molecular weight excluding hydrogens is 484 g/mol. The van der Waals surface area contributed by atoms with Crippen LogP contribution in [-0.4, -0.2) is 55.3 Å². The summed E-state index contributed by atoms with van der Waals surface area (Å²) < 4.78 is 20.9. The number of rotatable bonds is 16. The van der Waals surface area contributed by atoms with Gasteiger partial charge in [0.2, 0.25) is 5.78 Å². The second-order valence-electron chi connectivity index (χ2n) is 6.76. The Morgan fingerprint density at radius 2 is 1.50 bits per heavy atom. The van der Waals surface area contributed by atoms with Gasteiger partial charge < -0.3 is 18.9 Å². The van der Waals surface area contributed by atoms with Gasteiger partial charge in [0.1, 0.15) is 13.2 Å². The second-order valence-corrected chi connectivity index (χ2v) is 7.32. The topological polar surface area (TPSA) is 105 Å². The summed E-state index contributed by atoms with van der Waals surface area (Å²) in [6.07, 6.45) is 2.46. The minimum absolute atomic E-state index is 0.0284. The van der Waals surface area contributed by atoms with Gasteiger partial charge in [-0.3, -0.25) is 14.4 Å². The van der Waals surface area contributed by atoms with Gasteiger partial charge in [-0.2, -0.15) is 0 Å². The molecule has 0 saturated heterocycles. The van der Waals surface area contributed by atoms with Gasteiger partial charge in [-0.15, -0.1) is 0 Å². The number of hydrogen-bond acceptors (Lipinski definition) is 8. The lowest BCUT2D eigenvalue weighted by atomic mass is 9.96. The van der Waals surface area contributed by atoms with Crippen LogP contribution >= 0.6 is 15.9 Å². The standard InChI is InChI=1S/C23H31BrO8/c1-4-7-8-16-13-20(29-5-2)21(30-6-3)14-17(16)18(25)9-10-22(27)31-11-12-32-23(28)19(26)15-24/h13-14H,4-12,15H2,1-3H3. The Kier molecular flexibility index (Phi) is 13.3. The van der Waals surface area contributed by atoms with Gasteiger partial charge in [0.15, 0.2) is 17.3 Å². The zero-order chi connectivity index (χ0) is 23.9. The monoisotopic (exact) mass is 514 g/mol. The lowest BCUT2D eigenvalue weighted by Gasteiger charge is -2.16. The first-order valence-corrected chi connectivity index (χ1v) is 11.9. The minimum atomic E-state index is -0.992. The molecule has 8 nitrogen and oxygen atoms in total. The van der Waals surface area contributed by atoms with Gasteiger partial charge in [0.25, 0.3) is 0 Å². The van der Waals surface area contributed by atoms with Crippen molar-refractivity contribution in [1.82, 2.24) is 0 Å². The van der Waals surface area contributed by atoms with Gasteiger partial charge in [-0.1, -0.05) is 29.3 Å². The molecule has 0 aliphatic rings. The number of alkyl halides is 1. The number of aryl methyl sites for hydroxylation is 1. The smallest absolute Gasteiger partial charge is 0.375 e. The zero-order valence-corrected chi connectivity index (χ0v) is 20.5. The van der Waals surface area contributed by atoms with Crippen LogP contribution < -0.4 is 9.47 Å². The van der Waals surface area contributed by atoms with Crippen LogP contribution in [0.2, 0.25) is 0 Å². The SMILES string of the molecule is CCCCc1cc(OCC)c(OCC)cc1C(=O)CCC(=O)OCCOC(=O)C(=O)CBr. The summed E-state index contributed by atoms with van der Waals surface area (Å²) in [6, 6.07) is 3.53. The molecule has 0 spiro atoms. The number of carbonyl (C=O) groups is 4. The maximum atomic E-state index is 12.9. The lowest BCUT2D eigenvalue weighted by molar-refractivity contribution is -0.156. The van der Waals surface area contributed by atoms with E-state index in [1.807, 2.05) is 19.9 Å². The van der Waals surface area contributed by atoms with Crippen molar-refractivity contribution in [2.24, 2.45) is 0 Å². The fourth-order valence-corrected chi connectivity index (χ4v) is 3.05. The van der Waals surface area contributed by atoms with E-state index in [0.717, 1.165) is 18.4 Å². The maximum Gasteiger partial charge on any atom is 0.375 e. The first-order chi connectivity index (χ1) is 15.4. The molecule has 0 radical (unpaired) electrons. The third-order valence-corrected chi connectivity index (χ3v) is 4.86. The number of carbonyl (C=O) groups excluding carboxylic acids is 4. The molecule has 0 unspecified atom stereocenters. The molecule has 0 N–H and O–H groups in total. The van der Waals surface area contributed by atoms with Crippen LogP contribution in [-0.2, 0) is 30.3 Å². The molecule has 0 aliphatic heterocycles. The average Bonchev–Trinajstić information content (AvgIpc) is 2.79. The van der Waals surface area contributed by atoms with E-state index in [-0.39, 0.29) is 37.2 Å². The van der Waals surface area contributed by atoms with Crippen molar-refractivity contribution < 1.29 is 38.1 Å². The fraction of sp³-hybridized carbons (Fsp3) is 0.565. The van der Waals surface area contributed by atoms with Gasteiger partial charge in [0.05, 0.1) is 25.0 Å². The fourth-order valence-electron chi connectivity index (χ4n) is 2.82. The van der Waals surface area contributed by atoms with Crippen LogP contribution in [0.4, 0.5) is 0 Å². The third-order valence-electron chi connectivity index (χ3n) is 4.35. The highest BCUT2D eigenvalue weighted by Crippen LogP contribution is 2.33. The molecule has 0 aliphatic carbocycles. The van der Waals surface area contributed by atoms with Crippen molar-refractivity contribution in [3.63, 3.8) is 0 Å². The highest BCUT2D eigenvalue weighted by atomic mass is 79.9. The highest BCUT2D eigenvalue weighted by Gasteiger charge is 2.19. The molecule has 1 rings (SSSR count). The Morgan fingerprint density at radius 3 is 2.09 bits per heavy atom. The van der Waals surface area contributed by atoms with E-state index in [1.54, 1.807) is 6.07 Å². The van der Waals surface area contributed by atoms with E-state index < -0.39 is 17.7 Å². The molecule has 0 bridgehead atoms. The number of ketones is 2. The molecule has 0 aromatic heterocycles. The van der Waals surface area contributed by atoms with Crippen molar-refractivity contribution in [2.75, 3.05) is 31.8 Å². The number of esters is 2. The third kappa shape index (κ3) is 9.38. The van der Waals surface area contributed by atoms with Crippen molar-refractivity contribution in [3.8, 4) is 11.5 Å². The van der Waals surface area contributed by atoms with Gasteiger partial charge in [0, 0.05) is 12.0 Å². The van der Waals surface area contributed by atoms with E-state index in [2.05, 4.69) is 27.6 Å². The van der Waals surface area contributed by atoms with E-state index in [4.69, 9.17) is 14.2 Å². The second kappa shape index (κ2) is 15.4. The van der Waals surface area contributed by atoms with Crippen LogP contribution in [0.3, 0.4) is 0 Å². The van der Waals surface area contributed by atoms with Crippen molar-refractivity contribution in [2.45, 2.75) is 52.9 Å². The predicted molar refractivity (Wildman–Crippen MR) is 122 cm³/mol. The number of unbranched alkanes of at least 4 members (excludes halogenated alkanes) is 1.